The minimum atomic E-state index is -0.326. The van der Waals surface area contributed by atoms with Crippen molar-refractivity contribution in [1.29, 1.82) is 0 Å². The van der Waals surface area contributed by atoms with Crippen LogP contribution in [-0.4, -0.2) is 0 Å². The molecule has 0 N–H and O–H groups in total. The van der Waals surface area contributed by atoms with Crippen LogP contribution >= 0.6 is 0 Å². The highest BCUT2D eigenvalue weighted by atomic mass is 15.2. The smallest absolute Gasteiger partial charge is 0.0544 e. The zero-order valence-corrected chi connectivity index (χ0v) is 51.1. The molecular formula is C88H66N2. The van der Waals surface area contributed by atoms with Crippen molar-refractivity contribution in [3.63, 3.8) is 0 Å². The van der Waals surface area contributed by atoms with Gasteiger partial charge in [-0.2, -0.15) is 0 Å². The normalized spacial score (nSPS) is 13.3. The highest BCUT2D eigenvalue weighted by molar-refractivity contribution is 6.00. The Labute approximate surface area is 528 Å². The summed E-state index contributed by atoms with van der Waals surface area (Å²) in [6.07, 6.45) is 0. The summed E-state index contributed by atoms with van der Waals surface area (Å²) < 4.78 is 0. The first-order chi connectivity index (χ1) is 44.1. The Bertz CT molecular complexity index is 4800. The van der Waals surface area contributed by atoms with E-state index in [2.05, 4.69) is 365 Å². The molecule has 0 bridgehead atoms. The van der Waals surface area contributed by atoms with Crippen LogP contribution in [0.25, 0.3) is 99.8 Å². The third-order valence-corrected chi connectivity index (χ3v) is 19.3. The molecule has 0 unspecified atom stereocenters. The number of anilines is 6. The molecule has 0 atom stereocenters. The summed E-state index contributed by atoms with van der Waals surface area (Å²) in [5.74, 6) is 0. The Morgan fingerprint density at radius 2 is 0.511 bits per heavy atom. The second-order valence-electron chi connectivity index (χ2n) is 25.3. The zero-order valence-electron chi connectivity index (χ0n) is 51.1. The van der Waals surface area contributed by atoms with E-state index in [0.717, 1.165) is 17.1 Å². The van der Waals surface area contributed by atoms with Crippen LogP contribution in [0.15, 0.2) is 328 Å². The Hall–Kier alpha value is -11.1. The summed E-state index contributed by atoms with van der Waals surface area (Å²) >= 11 is 0. The Morgan fingerprint density at radius 3 is 0.889 bits per heavy atom. The van der Waals surface area contributed by atoms with Crippen LogP contribution in [0, 0.1) is 0 Å². The predicted molar refractivity (Wildman–Crippen MR) is 381 cm³/mol. The van der Waals surface area contributed by atoms with Crippen molar-refractivity contribution < 1.29 is 0 Å². The Morgan fingerprint density at radius 1 is 0.233 bits per heavy atom. The minimum Gasteiger partial charge on any atom is -0.310 e. The SMILES string of the molecule is CC1(C)c2cc(-c3ccc(-c4ccccc4)cc3)ccc2N2c3ccc(-c4ccc(-c5ccccc5)cc4)cc3C(C)(C)c3cc(-c4ccc(-c5ccc(-c6ccc(N(c7ccc(-c8ccccc8)cc7)c7cccc8ccccc78)cc6)cc5)cc4)cc1c32. The molecule has 2 heterocycles. The fraction of sp³-hybridized carbons (Fsp3) is 0.0682. The standard InChI is InChI=1S/C88H66N2/c1-87(2)79-55-73(69-37-31-62(32-38-69)59-17-8-5-9-18-59)47-53-84(79)90-85-54-48-74(70-39-33-63(34-40-70)60-19-10-6-11-20-60)56-80(85)88(3,4)82-58-75(57-81(87)86(82)90)71-41-35-65(36-42-71)64-27-29-66(30-28-64)68-45-51-77(52-46-68)89(83-26-16-24-72-23-14-15-25-78(72)83)76-49-43-67(44-50-76)61-21-12-7-13-22-61/h5-58H,1-4H3. The van der Waals surface area contributed by atoms with Gasteiger partial charge in [-0.1, -0.05) is 289 Å². The van der Waals surface area contributed by atoms with Crippen LogP contribution in [0.3, 0.4) is 0 Å². The molecule has 2 aliphatic rings. The van der Waals surface area contributed by atoms with Gasteiger partial charge in [-0.15, -0.1) is 0 Å². The van der Waals surface area contributed by atoms with Crippen LogP contribution < -0.4 is 9.80 Å². The zero-order chi connectivity index (χ0) is 60.5. The molecule has 14 aromatic rings. The van der Waals surface area contributed by atoms with Gasteiger partial charge < -0.3 is 9.80 Å². The molecule has 0 radical (unpaired) electrons. The molecule has 16 rings (SSSR count). The Balaban J connectivity index is 0.729. The predicted octanol–water partition coefficient (Wildman–Crippen LogP) is 24.4. The van der Waals surface area contributed by atoms with E-state index in [1.54, 1.807) is 0 Å². The molecular weight excluding hydrogens is 1080 g/mol. The van der Waals surface area contributed by atoms with Crippen molar-refractivity contribution >= 4 is 44.9 Å². The minimum absolute atomic E-state index is 0.326. The van der Waals surface area contributed by atoms with E-state index in [9.17, 15) is 0 Å². The quantitative estimate of drug-likeness (QED) is 0.127. The van der Waals surface area contributed by atoms with E-state index in [0.29, 0.717) is 0 Å². The lowest BCUT2D eigenvalue weighted by molar-refractivity contribution is 0.598. The first-order valence-corrected chi connectivity index (χ1v) is 31.5. The lowest BCUT2D eigenvalue weighted by Crippen LogP contribution is -2.38. The highest BCUT2D eigenvalue weighted by Crippen LogP contribution is 2.61. The maximum Gasteiger partial charge on any atom is 0.0544 e. The van der Waals surface area contributed by atoms with Crippen molar-refractivity contribution in [3.8, 4) is 89.0 Å². The molecule has 0 fully saturated rings. The summed E-state index contributed by atoms with van der Waals surface area (Å²) in [5.41, 5.74) is 31.1. The lowest BCUT2D eigenvalue weighted by Gasteiger charge is -2.50. The van der Waals surface area contributed by atoms with Gasteiger partial charge in [0.25, 0.3) is 0 Å². The van der Waals surface area contributed by atoms with E-state index in [1.807, 2.05) is 0 Å². The van der Waals surface area contributed by atoms with E-state index in [-0.39, 0.29) is 10.8 Å². The summed E-state index contributed by atoms with van der Waals surface area (Å²) in [5, 5.41) is 2.42. The molecule has 90 heavy (non-hydrogen) atoms. The van der Waals surface area contributed by atoms with Gasteiger partial charge in [0, 0.05) is 27.6 Å². The molecule has 0 amide bonds. The van der Waals surface area contributed by atoms with Gasteiger partial charge >= 0.3 is 0 Å². The van der Waals surface area contributed by atoms with Gasteiger partial charge in [0.1, 0.15) is 0 Å². The fourth-order valence-corrected chi connectivity index (χ4v) is 14.2. The number of fused-ring (bicyclic) bond motifs is 5. The Kier molecular flexibility index (Phi) is 13.3. The third kappa shape index (κ3) is 9.52. The van der Waals surface area contributed by atoms with Crippen LogP contribution in [0.5, 0.6) is 0 Å². The first-order valence-electron chi connectivity index (χ1n) is 31.5. The molecule has 2 heteroatoms. The summed E-state index contributed by atoms with van der Waals surface area (Å²) in [4.78, 5) is 4.97. The molecule has 2 aliphatic heterocycles. The van der Waals surface area contributed by atoms with Gasteiger partial charge in [-0.3, -0.25) is 0 Å². The van der Waals surface area contributed by atoms with Crippen molar-refractivity contribution in [3.05, 3.63) is 350 Å². The van der Waals surface area contributed by atoms with E-state index in [4.69, 9.17) is 0 Å². The topological polar surface area (TPSA) is 6.48 Å². The van der Waals surface area contributed by atoms with Gasteiger partial charge in [0.15, 0.2) is 0 Å². The molecule has 0 aliphatic carbocycles. The summed E-state index contributed by atoms with van der Waals surface area (Å²) in [6, 6.07) is 121. The summed E-state index contributed by atoms with van der Waals surface area (Å²) in [6.45, 7) is 9.74. The summed E-state index contributed by atoms with van der Waals surface area (Å²) in [7, 11) is 0. The van der Waals surface area contributed by atoms with Gasteiger partial charge in [-0.25, -0.2) is 0 Å². The van der Waals surface area contributed by atoms with Crippen LogP contribution in [0.1, 0.15) is 49.9 Å². The van der Waals surface area contributed by atoms with Crippen LogP contribution in [0.4, 0.5) is 34.1 Å². The average Bonchev–Trinajstić information content (AvgIpc) is 0.699. The second-order valence-corrected chi connectivity index (χ2v) is 25.3. The van der Waals surface area contributed by atoms with Gasteiger partial charge in [0.2, 0.25) is 0 Å². The number of nitrogens with zero attached hydrogens (tertiary/aromatic N) is 2. The molecule has 428 valence electrons. The van der Waals surface area contributed by atoms with E-state index < -0.39 is 0 Å². The van der Waals surface area contributed by atoms with Crippen molar-refractivity contribution in [2.24, 2.45) is 0 Å². The molecule has 2 nitrogen and oxygen atoms in total. The molecule has 0 saturated heterocycles. The van der Waals surface area contributed by atoms with E-state index >= 15 is 0 Å². The fourth-order valence-electron chi connectivity index (χ4n) is 14.2. The van der Waals surface area contributed by atoms with Gasteiger partial charge in [-0.05, 0) is 183 Å². The number of rotatable bonds is 11. The molecule has 14 aromatic carbocycles. The maximum absolute atomic E-state index is 2.59. The van der Waals surface area contributed by atoms with Gasteiger partial charge in [0.05, 0.1) is 22.7 Å². The molecule has 0 aromatic heterocycles. The van der Waals surface area contributed by atoms with Crippen molar-refractivity contribution in [2.75, 3.05) is 9.80 Å². The van der Waals surface area contributed by atoms with Crippen molar-refractivity contribution in [1.82, 2.24) is 0 Å². The first kappa shape index (κ1) is 54.3. The number of hydrogen-bond acceptors (Lipinski definition) is 2. The van der Waals surface area contributed by atoms with Crippen LogP contribution in [0.2, 0.25) is 0 Å². The maximum atomic E-state index is 2.59. The number of benzene rings is 14. The lowest BCUT2D eigenvalue weighted by atomic mass is 9.65. The second kappa shape index (κ2) is 22.0. The van der Waals surface area contributed by atoms with Crippen LogP contribution in [-0.2, 0) is 10.8 Å². The molecule has 0 saturated carbocycles. The largest absolute Gasteiger partial charge is 0.310 e. The monoisotopic (exact) mass is 1150 g/mol. The average molecular weight is 1150 g/mol. The van der Waals surface area contributed by atoms with E-state index in [1.165, 1.54) is 139 Å². The molecule has 0 spiro atoms. The van der Waals surface area contributed by atoms with Crippen molar-refractivity contribution in [2.45, 2.75) is 38.5 Å². The highest BCUT2D eigenvalue weighted by Gasteiger charge is 2.46. The number of hydrogen-bond donors (Lipinski definition) is 0. The third-order valence-electron chi connectivity index (χ3n) is 19.3.